The Labute approximate surface area is 147 Å². The Kier molecular flexibility index (Phi) is 7.65. The molecule has 1 heterocycles. The number of nitrogens with two attached hydrogens (primary N) is 1. The van der Waals surface area contributed by atoms with Gasteiger partial charge in [-0.1, -0.05) is 0 Å². The van der Waals surface area contributed by atoms with Gasteiger partial charge in [0.15, 0.2) is 0 Å². The number of carbonyl (C=O) groups is 2. The maximum absolute atomic E-state index is 11.9. The fourth-order valence-corrected chi connectivity index (χ4v) is 2.51. The summed E-state index contributed by atoms with van der Waals surface area (Å²) >= 11 is 0. The Hall–Kier alpha value is -2.16. The smallest absolute Gasteiger partial charge is 0.319 e. The number of nitrogens with one attached hydrogen (secondary N) is 3. The summed E-state index contributed by atoms with van der Waals surface area (Å²) in [7, 11) is 1.52. The van der Waals surface area contributed by atoms with Crippen molar-refractivity contribution in [3.05, 3.63) is 24.3 Å². The van der Waals surface area contributed by atoms with Crippen molar-refractivity contribution in [2.75, 3.05) is 37.4 Å². The van der Waals surface area contributed by atoms with E-state index in [0.717, 1.165) is 19.4 Å². The molecule has 0 spiro atoms. The highest BCUT2D eigenvalue weighted by Gasteiger charge is 2.16. The predicted octanol–water partition coefficient (Wildman–Crippen LogP) is 1.29. The van der Waals surface area contributed by atoms with E-state index in [1.165, 1.54) is 7.11 Å². The summed E-state index contributed by atoms with van der Waals surface area (Å²) in [4.78, 5) is 23.7. The molecule has 0 saturated carbocycles. The molecule has 5 N–H and O–H groups in total. The van der Waals surface area contributed by atoms with Crippen LogP contribution in [0.1, 0.15) is 19.3 Å². The Bertz CT molecular complexity index is 554. The van der Waals surface area contributed by atoms with E-state index in [1.54, 1.807) is 24.3 Å². The molecular weight excluding hydrogens is 324 g/mol. The van der Waals surface area contributed by atoms with Crippen LogP contribution in [0.15, 0.2) is 24.3 Å². The number of methoxy groups -OCH3 is 1. The summed E-state index contributed by atoms with van der Waals surface area (Å²) in [5.41, 5.74) is 6.78. The van der Waals surface area contributed by atoms with E-state index >= 15 is 0 Å². The zero-order chi connectivity index (χ0) is 18.1. The first kappa shape index (κ1) is 19.2. The number of amides is 3. The molecule has 2 atom stereocenters. The van der Waals surface area contributed by atoms with Gasteiger partial charge in [0.05, 0.1) is 18.6 Å². The Morgan fingerprint density at radius 2 is 1.96 bits per heavy atom. The molecule has 1 aliphatic rings. The zero-order valence-electron chi connectivity index (χ0n) is 14.4. The number of benzene rings is 1. The number of carbonyl (C=O) groups excluding carboxylic acids is 2. The molecule has 3 amide bonds. The van der Waals surface area contributed by atoms with E-state index in [1.807, 2.05) is 0 Å². The van der Waals surface area contributed by atoms with Crippen LogP contribution in [0.5, 0.6) is 0 Å². The first-order valence-corrected chi connectivity index (χ1v) is 8.40. The van der Waals surface area contributed by atoms with Crippen molar-refractivity contribution in [2.24, 2.45) is 5.73 Å². The van der Waals surface area contributed by atoms with Crippen LogP contribution in [-0.4, -0.2) is 51.0 Å². The molecule has 2 rings (SSSR count). The largest absolute Gasteiger partial charge is 0.380 e. The zero-order valence-corrected chi connectivity index (χ0v) is 14.4. The standard InChI is InChI=1S/C17H26N4O4/c1-24-15(10-18)9-16(22)20-12-4-6-13(7-5-12)21-17(23)19-11-14-3-2-8-25-14/h4-7,14-15H,2-3,8-11,18H2,1H3,(H,20,22)(H2,19,21,23). The van der Waals surface area contributed by atoms with Gasteiger partial charge in [-0.25, -0.2) is 4.79 Å². The molecule has 1 aliphatic heterocycles. The molecule has 2 unspecified atom stereocenters. The molecule has 138 valence electrons. The average molecular weight is 350 g/mol. The minimum absolute atomic E-state index is 0.104. The number of rotatable bonds is 8. The topological polar surface area (TPSA) is 115 Å². The van der Waals surface area contributed by atoms with Gasteiger partial charge >= 0.3 is 6.03 Å². The lowest BCUT2D eigenvalue weighted by Gasteiger charge is -2.13. The highest BCUT2D eigenvalue weighted by molar-refractivity contribution is 5.92. The fourth-order valence-electron chi connectivity index (χ4n) is 2.51. The van der Waals surface area contributed by atoms with Crippen molar-refractivity contribution in [3.8, 4) is 0 Å². The molecule has 1 aromatic rings. The summed E-state index contributed by atoms with van der Waals surface area (Å²) in [6.07, 6.45) is 2.01. The minimum Gasteiger partial charge on any atom is -0.380 e. The van der Waals surface area contributed by atoms with Gasteiger partial charge in [-0.05, 0) is 37.1 Å². The monoisotopic (exact) mass is 350 g/mol. The lowest BCUT2D eigenvalue weighted by molar-refractivity contribution is -0.118. The van der Waals surface area contributed by atoms with Crippen LogP contribution in [-0.2, 0) is 14.3 Å². The van der Waals surface area contributed by atoms with Crippen LogP contribution in [0.4, 0.5) is 16.2 Å². The molecule has 0 aromatic heterocycles. The maximum Gasteiger partial charge on any atom is 0.319 e. The van der Waals surface area contributed by atoms with Gasteiger partial charge < -0.3 is 31.2 Å². The lowest BCUT2D eigenvalue weighted by Crippen LogP contribution is -2.35. The summed E-state index contributed by atoms with van der Waals surface area (Å²) in [5, 5.41) is 8.29. The predicted molar refractivity (Wildman–Crippen MR) is 95.5 cm³/mol. The molecule has 0 aliphatic carbocycles. The molecule has 0 radical (unpaired) electrons. The molecular formula is C17H26N4O4. The second-order valence-corrected chi connectivity index (χ2v) is 5.89. The van der Waals surface area contributed by atoms with Crippen molar-refractivity contribution >= 4 is 23.3 Å². The molecule has 1 fully saturated rings. The van der Waals surface area contributed by atoms with E-state index in [9.17, 15) is 9.59 Å². The number of hydrogen-bond donors (Lipinski definition) is 4. The number of hydrogen-bond acceptors (Lipinski definition) is 5. The van der Waals surface area contributed by atoms with Crippen molar-refractivity contribution < 1.29 is 19.1 Å². The fraction of sp³-hybridized carbons (Fsp3) is 0.529. The normalized spacial score (nSPS) is 17.8. The Morgan fingerprint density at radius 3 is 2.52 bits per heavy atom. The highest BCUT2D eigenvalue weighted by atomic mass is 16.5. The van der Waals surface area contributed by atoms with Gasteiger partial charge in [-0.3, -0.25) is 4.79 Å². The van der Waals surface area contributed by atoms with Crippen LogP contribution in [0.3, 0.4) is 0 Å². The van der Waals surface area contributed by atoms with Crippen LogP contribution in [0.25, 0.3) is 0 Å². The van der Waals surface area contributed by atoms with Gasteiger partial charge in [0.2, 0.25) is 5.91 Å². The summed E-state index contributed by atoms with van der Waals surface area (Å²) in [6, 6.07) is 6.60. The van der Waals surface area contributed by atoms with Crippen molar-refractivity contribution in [2.45, 2.75) is 31.5 Å². The maximum atomic E-state index is 11.9. The van der Waals surface area contributed by atoms with Crippen molar-refractivity contribution in [1.29, 1.82) is 0 Å². The van der Waals surface area contributed by atoms with Gasteiger partial charge in [-0.15, -0.1) is 0 Å². The van der Waals surface area contributed by atoms with Crippen LogP contribution < -0.4 is 21.7 Å². The summed E-state index contributed by atoms with van der Waals surface area (Å²) in [6.45, 7) is 1.55. The molecule has 1 saturated heterocycles. The molecule has 25 heavy (non-hydrogen) atoms. The van der Waals surface area contributed by atoms with Crippen LogP contribution in [0.2, 0.25) is 0 Å². The molecule has 0 bridgehead atoms. The van der Waals surface area contributed by atoms with Crippen molar-refractivity contribution in [3.63, 3.8) is 0 Å². The van der Waals surface area contributed by atoms with Crippen molar-refractivity contribution in [1.82, 2.24) is 5.32 Å². The molecule has 1 aromatic carbocycles. The average Bonchev–Trinajstić information content (AvgIpc) is 3.13. The number of urea groups is 1. The third-order valence-corrected chi connectivity index (χ3v) is 3.95. The summed E-state index contributed by atoms with van der Waals surface area (Å²) < 4.78 is 10.5. The van der Waals surface area contributed by atoms with Crippen LogP contribution >= 0.6 is 0 Å². The second kappa shape index (κ2) is 9.97. The van der Waals surface area contributed by atoms with Gasteiger partial charge in [0.25, 0.3) is 0 Å². The third kappa shape index (κ3) is 6.69. The van der Waals surface area contributed by atoms with E-state index in [0.29, 0.717) is 17.9 Å². The quantitative estimate of drug-likeness (QED) is 0.564. The van der Waals surface area contributed by atoms with Gasteiger partial charge in [0.1, 0.15) is 0 Å². The van der Waals surface area contributed by atoms with Gasteiger partial charge in [-0.2, -0.15) is 0 Å². The summed E-state index contributed by atoms with van der Waals surface area (Å²) in [5.74, 6) is -0.174. The van der Waals surface area contributed by atoms with Crippen LogP contribution in [0, 0.1) is 0 Å². The molecule has 8 heteroatoms. The van der Waals surface area contributed by atoms with Gasteiger partial charge in [0, 0.05) is 38.2 Å². The lowest BCUT2D eigenvalue weighted by atomic mass is 10.2. The third-order valence-electron chi connectivity index (χ3n) is 3.95. The first-order chi connectivity index (χ1) is 12.1. The Morgan fingerprint density at radius 1 is 1.28 bits per heavy atom. The second-order valence-electron chi connectivity index (χ2n) is 5.89. The van der Waals surface area contributed by atoms with E-state index in [4.69, 9.17) is 15.2 Å². The SMILES string of the molecule is COC(CN)CC(=O)Nc1ccc(NC(=O)NCC2CCCO2)cc1. The molecule has 8 nitrogen and oxygen atoms in total. The van der Waals surface area contributed by atoms with E-state index in [2.05, 4.69) is 16.0 Å². The highest BCUT2D eigenvalue weighted by Crippen LogP contribution is 2.14. The number of anilines is 2. The van der Waals surface area contributed by atoms with E-state index in [-0.39, 0.29) is 37.1 Å². The van der Waals surface area contributed by atoms with E-state index < -0.39 is 0 Å². The minimum atomic E-state index is -0.298. The Balaban J connectivity index is 1.74. The first-order valence-electron chi connectivity index (χ1n) is 8.40. The number of ether oxygens (including phenoxy) is 2.